The fourth-order valence-electron chi connectivity index (χ4n) is 1.55. The van der Waals surface area contributed by atoms with Crippen LogP contribution >= 0.6 is 22.6 Å². The maximum absolute atomic E-state index is 13.4. The van der Waals surface area contributed by atoms with E-state index in [0.29, 0.717) is 6.61 Å². The van der Waals surface area contributed by atoms with Crippen molar-refractivity contribution in [2.75, 3.05) is 6.61 Å². The van der Waals surface area contributed by atoms with Crippen molar-refractivity contribution in [1.29, 1.82) is 0 Å². The molecule has 0 aromatic heterocycles. The quantitative estimate of drug-likeness (QED) is 0.270. The number of halogens is 3. The van der Waals surface area contributed by atoms with Crippen LogP contribution in [0.4, 0.5) is 8.78 Å². The van der Waals surface area contributed by atoms with Crippen LogP contribution in [0.25, 0.3) is 0 Å². The third-order valence-electron chi connectivity index (χ3n) is 2.56. The van der Waals surface area contributed by atoms with Gasteiger partial charge in [0, 0.05) is 0 Å². The minimum atomic E-state index is -0.895. The monoisotopic (exact) mass is 366 g/mol. The van der Waals surface area contributed by atoms with E-state index in [1.54, 1.807) is 22.6 Å². The summed E-state index contributed by atoms with van der Waals surface area (Å²) in [5.74, 6) is -1.73. The summed E-state index contributed by atoms with van der Waals surface area (Å²) in [4.78, 5) is 0. The molecule has 0 radical (unpaired) electrons. The number of ether oxygens (including phenoxy) is 1. The lowest BCUT2D eigenvalue weighted by Crippen LogP contribution is -2.01. The molecule has 1 aromatic rings. The Bertz CT molecular complexity index is 394. The summed E-state index contributed by atoms with van der Waals surface area (Å²) in [5, 5.41) is 0. The summed E-state index contributed by atoms with van der Waals surface area (Å²) in [6.45, 7) is 4.08. The van der Waals surface area contributed by atoms with Crippen LogP contribution in [-0.4, -0.2) is 6.61 Å². The molecule has 0 saturated heterocycles. The van der Waals surface area contributed by atoms with Gasteiger partial charge in [0.15, 0.2) is 11.6 Å². The molecular weight excluding hydrogens is 349 g/mol. The SMILES string of the molecule is C=CCCCCCCOc1ccc(I)c(F)c1F. The topological polar surface area (TPSA) is 9.23 Å². The molecule has 0 atom stereocenters. The van der Waals surface area contributed by atoms with Gasteiger partial charge in [-0.1, -0.05) is 18.9 Å². The van der Waals surface area contributed by atoms with Crippen LogP contribution in [0.1, 0.15) is 32.1 Å². The van der Waals surface area contributed by atoms with Crippen molar-refractivity contribution < 1.29 is 13.5 Å². The molecule has 0 aliphatic rings. The number of allylic oxidation sites excluding steroid dienone is 1. The highest BCUT2D eigenvalue weighted by atomic mass is 127. The molecule has 1 aromatic carbocycles. The van der Waals surface area contributed by atoms with E-state index < -0.39 is 11.6 Å². The van der Waals surface area contributed by atoms with Crippen molar-refractivity contribution in [3.05, 3.63) is 40.0 Å². The smallest absolute Gasteiger partial charge is 0.201 e. The van der Waals surface area contributed by atoms with Gasteiger partial charge in [-0.2, -0.15) is 4.39 Å². The molecule has 0 heterocycles. The highest BCUT2D eigenvalue weighted by Gasteiger charge is 2.12. The van der Waals surface area contributed by atoms with E-state index in [4.69, 9.17) is 4.74 Å². The molecule has 0 spiro atoms. The van der Waals surface area contributed by atoms with Crippen LogP contribution in [0.15, 0.2) is 24.8 Å². The number of rotatable bonds is 8. The van der Waals surface area contributed by atoms with Gasteiger partial charge in [-0.3, -0.25) is 0 Å². The Balaban J connectivity index is 2.27. The standard InChI is InChI=1S/C14H17F2IO/c1-2-3-4-5-6-7-10-18-12-9-8-11(17)13(15)14(12)16/h2,8-9H,1,3-7,10H2. The molecule has 0 amide bonds. The van der Waals surface area contributed by atoms with E-state index in [9.17, 15) is 8.78 Å². The number of benzene rings is 1. The molecule has 0 aliphatic heterocycles. The Morgan fingerprint density at radius 1 is 1.11 bits per heavy atom. The fraction of sp³-hybridized carbons (Fsp3) is 0.429. The second-order valence-corrected chi connectivity index (χ2v) is 5.18. The maximum Gasteiger partial charge on any atom is 0.201 e. The highest BCUT2D eigenvalue weighted by molar-refractivity contribution is 14.1. The van der Waals surface area contributed by atoms with E-state index >= 15 is 0 Å². The summed E-state index contributed by atoms with van der Waals surface area (Å²) < 4.78 is 32.2. The minimum Gasteiger partial charge on any atom is -0.490 e. The Kier molecular flexibility index (Phi) is 7.23. The predicted octanol–water partition coefficient (Wildman–Crippen LogP) is 5.08. The summed E-state index contributed by atoms with van der Waals surface area (Å²) in [5.41, 5.74) is 0. The summed E-state index contributed by atoms with van der Waals surface area (Å²) in [6, 6.07) is 2.98. The molecule has 1 nitrogen and oxygen atoms in total. The molecule has 100 valence electrons. The highest BCUT2D eigenvalue weighted by Crippen LogP contribution is 2.23. The largest absolute Gasteiger partial charge is 0.490 e. The average molecular weight is 366 g/mol. The maximum atomic E-state index is 13.4. The first-order valence-electron chi connectivity index (χ1n) is 6.04. The summed E-state index contributed by atoms with van der Waals surface area (Å²) in [7, 11) is 0. The summed E-state index contributed by atoms with van der Waals surface area (Å²) >= 11 is 1.75. The van der Waals surface area contributed by atoms with Crippen LogP contribution in [0.5, 0.6) is 5.75 Å². The Morgan fingerprint density at radius 2 is 1.83 bits per heavy atom. The number of hydrogen-bond donors (Lipinski definition) is 0. The molecule has 0 saturated carbocycles. The molecular formula is C14H17F2IO. The Labute approximate surface area is 120 Å². The molecule has 0 aliphatic carbocycles. The van der Waals surface area contributed by atoms with Gasteiger partial charge < -0.3 is 4.74 Å². The van der Waals surface area contributed by atoms with E-state index in [2.05, 4.69) is 6.58 Å². The molecule has 1 rings (SSSR count). The van der Waals surface area contributed by atoms with Crippen LogP contribution in [0.2, 0.25) is 0 Å². The molecule has 0 bridgehead atoms. The molecule has 4 heteroatoms. The van der Waals surface area contributed by atoms with Crippen molar-refractivity contribution in [2.24, 2.45) is 0 Å². The fourth-order valence-corrected chi connectivity index (χ4v) is 1.96. The van der Waals surface area contributed by atoms with E-state index in [0.717, 1.165) is 32.1 Å². The van der Waals surface area contributed by atoms with Gasteiger partial charge in [0.1, 0.15) is 0 Å². The zero-order chi connectivity index (χ0) is 13.4. The van der Waals surface area contributed by atoms with E-state index in [1.165, 1.54) is 12.1 Å². The van der Waals surface area contributed by atoms with Gasteiger partial charge in [-0.25, -0.2) is 4.39 Å². The third-order valence-corrected chi connectivity index (χ3v) is 3.39. The second-order valence-electron chi connectivity index (χ2n) is 4.01. The van der Waals surface area contributed by atoms with Crippen molar-refractivity contribution in [2.45, 2.75) is 32.1 Å². The number of unbranched alkanes of at least 4 members (excludes halogenated alkanes) is 4. The lowest BCUT2D eigenvalue weighted by Gasteiger charge is -2.08. The van der Waals surface area contributed by atoms with Gasteiger partial charge in [0.05, 0.1) is 10.2 Å². The normalized spacial score (nSPS) is 10.4. The molecule has 0 N–H and O–H groups in total. The molecule has 18 heavy (non-hydrogen) atoms. The van der Waals surface area contributed by atoms with Gasteiger partial charge in [0.2, 0.25) is 5.82 Å². The first-order valence-corrected chi connectivity index (χ1v) is 7.12. The van der Waals surface area contributed by atoms with Gasteiger partial charge in [-0.05, 0) is 54.0 Å². The van der Waals surface area contributed by atoms with Crippen LogP contribution in [0.3, 0.4) is 0 Å². The lowest BCUT2D eigenvalue weighted by atomic mass is 10.1. The van der Waals surface area contributed by atoms with Crippen LogP contribution < -0.4 is 4.74 Å². The van der Waals surface area contributed by atoms with E-state index in [1.807, 2.05) is 6.08 Å². The zero-order valence-electron chi connectivity index (χ0n) is 10.2. The van der Waals surface area contributed by atoms with Crippen LogP contribution in [0, 0.1) is 15.2 Å². The van der Waals surface area contributed by atoms with Gasteiger partial charge >= 0.3 is 0 Å². The Hall–Kier alpha value is -0.650. The lowest BCUT2D eigenvalue weighted by molar-refractivity contribution is 0.284. The minimum absolute atomic E-state index is 0.000919. The number of hydrogen-bond acceptors (Lipinski definition) is 1. The first-order chi connectivity index (χ1) is 8.66. The van der Waals surface area contributed by atoms with Crippen molar-refractivity contribution in [3.8, 4) is 5.75 Å². The third kappa shape index (κ3) is 4.92. The molecule has 0 unspecified atom stereocenters. The van der Waals surface area contributed by atoms with Gasteiger partial charge in [0.25, 0.3) is 0 Å². The summed E-state index contributed by atoms with van der Waals surface area (Å²) in [6.07, 6.45) is 7.04. The van der Waals surface area contributed by atoms with Crippen molar-refractivity contribution in [1.82, 2.24) is 0 Å². The van der Waals surface area contributed by atoms with Crippen LogP contribution in [-0.2, 0) is 0 Å². The van der Waals surface area contributed by atoms with Crippen molar-refractivity contribution in [3.63, 3.8) is 0 Å². The van der Waals surface area contributed by atoms with E-state index in [-0.39, 0.29) is 9.32 Å². The second kappa shape index (κ2) is 8.45. The van der Waals surface area contributed by atoms with Gasteiger partial charge in [-0.15, -0.1) is 6.58 Å². The molecule has 0 fully saturated rings. The average Bonchev–Trinajstić information content (AvgIpc) is 2.37. The van der Waals surface area contributed by atoms with Crippen molar-refractivity contribution >= 4 is 22.6 Å². The Morgan fingerprint density at radius 3 is 2.56 bits per heavy atom. The predicted molar refractivity (Wildman–Crippen MR) is 77.9 cm³/mol. The zero-order valence-corrected chi connectivity index (χ0v) is 12.4. The first kappa shape index (κ1) is 15.4.